The lowest BCUT2D eigenvalue weighted by atomic mass is 10.1. The first kappa shape index (κ1) is 14.4. The molecule has 2 aromatic rings. The SMILES string of the molecule is CCN(c1ccccc1)c1ccc(/C(N)=N/O)cc1Br. The normalized spacial score (nSPS) is 11.4. The topological polar surface area (TPSA) is 61.8 Å². The van der Waals surface area contributed by atoms with Crippen LogP contribution >= 0.6 is 15.9 Å². The summed E-state index contributed by atoms with van der Waals surface area (Å²) in [5, 5.41) is 11.7. The Bertz CT molecular complexity index is 614. The van der Waals surface area contributed by atoms with Crippen molar-refractivity contribution in [3.8, 4) is 0 Å². The van der Waals surface area contributed by atoms with Crippen molar-refractivity contribution in [1.29, 1.82) is 0 Å². The highest BCUT2D eigenvalue weighted by Gasteiger charge is 2.12. The first-order valence-corrected chi connectivity index (χ1v) is 7.06. The van der Waals surface area contributed by atoms with Crippen LogP contribution in [0, 0.1) is 0 Å². The van der Waals surface area contributed by atoms with Gasteiger partial charge in [-0.15, -0.1) is 0 Å². The van der Waals surface area contributed by atoms with Crippen molar-refractivity contribution in [1.82, 2.24) is 0 Å². The Hall–Kier alpha value is -2.01. The van der Waals surface area contributed by atoms with E-state index in [0.29, 0.717) is 5.56 Å². The minimum absolute atomic E-state index is 0.0972. The predicted molar refractivity (Wildman–Crippen MR) is 85.8 cm³/mol. The van der Waals surface area contributed by atoms with Crippen molar-refractivity contribution in [2.24, 2.45) is 10.9 Å². The van der Waals surface area contributed by atoms with Crippen molar-refractivity contribution in [2.45, 2.75) is 6.92 Å². The maximum atomic E-state index is 8.72. The molecular formula is C15H16BrN3O. The lowest BCUT2D eigenvalue weighted by molar-refractivity contribution is 0.318. The summed E-state index contributed by atoms with van der Waals surface area (Å²) >= 11 is 3.55. The van der Waals surface area contributed by atoms with Gasteiger partial charge in [0.15, 0.2) is 5.84 Å². The molecular weight excluding hydrogens is 318 g/mol. The van der Waals surface area contributed by atoms with E-state index in [1.807, 2.05) is 36.4 Å². The van der Waals surface area contributed by atoms with E-state index in [4.69, 9.17) is 10.9 Å². The second-order valence-corrected chi connectivity index (χ2v) is 5.09. The second kappa shape index (κ2) is 6.43. The van der Waals surface area contributed by atoms with Crippen LogP contribution < -0.4 is 10.6 Å². The molecule has 0 fully saturated rings. The van der Waals surface area contributed by atoms with Gasteiger partial charge in [0.05, 0.1) is 5.69 Å². The van der Waals surface area contributed by atoms with Crippen LogP contribution in [0.25, 0.3) is 0 Å². The fourth-order valence-corrected chi connectivity index (χ4v) is 2.64. The van der Waals surface area contributed by atoms with Gasteiger partial charge in [-0.1, -0.05) is 23.4 Å². The van der Waals surface area contributed by atoms with Gasteiger partial charge < -0.3 is 15.8 Å². The van der Waals surface area contributed by atoms with E-state index < -0.39 is 0 Å². The number of para-hydroxylation sites is 1. The van der Waals surface area contributed by atoms with Gasteiger partial charge >= 0.3 is 0 Å². The monoisotopic (exact) mass is 333 g/mol. The van der Waals surface area contributed by atoms with Crippen LogP contribution in [-0.2, 0) is 0 Å². The highest BCUT2D eigenvalue weighted by molar-refractivity contribution is 9.10. The summed E-state index contributed by atoms with van der Waals surface area (Å²) in [7, 11) is 0. The van der Waals surface area contributed by atoms with Crippen molar-refractivity contribution < 1.29 is 5.21 Å². The third-order valence-corrected chi connectivity index (χ3v) is 3.66. The number of nitrogens with two attached hydrogens (primary N) is 1. The Kier molecular flexibility index (Phi) is 4.63. The predicted octanol–water partition coefficient (Wildman–Crippen LogP) is 3.70. The van der Waals surface area contributed by atoms with Crippen LogP contribution in [0.1, 0.15) is 12.5 Å². The molecule has 5 heteroatoms. The molecule has 104 valence electrons. The molecule has 0 aromatic heterocycles. The van der Waals surface area contributed by atoms with E-state index >= 15 is 0 Å². The molecule has 4 nitrogen and oxygen atoms in total. The summed E-state index contributed by atoms with van der Waals surface area (Å²) in [6.45, 7) is 2.93. The Labute approximate surface area is 126 Å². The Morgan fingerprint density at radius 1 is 1.25 bits per heavy atom. The smallest absolute Gasteiger partial charge is 0.170 e. The van der Waals surface area contributed by atoms with Gasteiger partial charge in [0.1, 0.15) is 0 Å². The van der Waals surface area contributed by atoms with Crippen molar-refractivity contribution >= 4 is 33.1 Å². The van der Waals surface area contributed by atoms with Crippen LogP contribution in [0.2, 0.25) is 0 Å². The van der Waals surface area contributed by atoms with Crippen LogP contribution in [-0.4, -0.2) is 17.6 Å². The highest BCUT2D eigenvalue weighted by atomic mass is 79.9. The number of benzene rings is 2. The first-order valence-electron chi connectivity index (χ1n) is 6.27. The molecule has 0 aliphatic heterocycles. The average Bonchev–Trinajstić information content (AvgIpc) is 2.49. The number of hydrogen-bond donors (Lipinski definition) is 2. The van der Waals surface area contributed by atoms with Crippen LogP contribution in [0.5, 0.6) is 0 Å². The molecule has 0 atom stereocenters. The highest BCUT2D eigenvalue weighted by Crippen LogP contribution is 2.32. The van der Waals surface area contributed by atoms with Crippen LogP contribution in [0.3, 0.4) is 0 Å². The van der Waals surface area contributed by atoms with Crippen LogP contribution in [0.15, 0.2) is 58.2 Å². The van der Waals surface area contributed by atoms with Crippen LogP contribution in [0.4, 0.5) is 11.4 Å². The standard InChI is InChI=1S/C15H16BrN3O/c1-2-19(12-6-4-3-5-7-12)14-9-8-11(10-13(14)16)15(17)18-20/h3-10,20H,2H2,1H3,(H2,17,18). The quantitative estimate of drug-likeness (QED) is 0.388. The number of rotatable bonds is 4. The maximum Gasteiger partial charge on any atom is 0.170 e. The number of amidine groups is 1. The Morgan fingerprint density at radius 3 is 2.50 bits per heavy atom. The zero-order valence-electron chi connectivity index (χ0n) is 11.1. The van der Waals surface area contributed by atoms with Gasteiger partial charge in [-0.2, -0.15) is 0 Å². The lowest BCUT2D eigenvalue weighted by Gasteiger charge is -2.24. The average molecular weight is 334 g/mol. The zero-order chi connectivity index (χ0) is 14.5. The van der Waals surface area contributed by atoms with Crippen molar-refractivity contribution in [3.05, 3.63) is 58.6 Å². The number of oxime groups is 1. The molecule has 0 aliphatic carbocycles. The van der Waals surface area contributed by atoms with Gasteiger partial charge in [0.2, 0.25) is 0 Å². The second-order valence-electron chi connectivity index (χ2n) is 4.23. The largest absolute Gasteiger partial charge is 0.409 e. The number of halogens is 1. The molecule has 0 radical (unpaired) electrons. The number of nitrogens with zero attached hydrogens (tertiary/aromatic N) is 2. The summed E-state index contributed by atoms with van der Waals surface area (Å²) in [6, 6.07) is 15.8. The zero-order valence-corrected chi connectivity index (χ0v) is 12.7. The third kappa shape index (κ3) is 2.93. The van der Waals surface area contributed by atoms with E-state index in [2.05, 4.69) is 45.0 Å². The molecule has 0 unspecified atom stereocenters. The minimum atomic E-state index is 0.0972. The van der Waals surface area contributed by atoms with Gasteiger partial charge in [-0.05, 0) is 53.2 Å². The fraction of sp³-hybridized carbons (Fsp3) is 0.133. The molecule has 3 N–H and O–H groups in total. The molecule has 0 saturated heterocycles. The number of hydrogen-bond acceptors (Lipinski definition) is 3. The molecule has 20 heavy (non-hydrogen) atoms. The Balaban J connectivity index is 2.41. The van der Waals surface area contributed by atoms with Crippen molar-refractivity contribution in [2.75, 3.05) is 11.4 Å². The summed E-state index contributed by atoms with van der Waals surface area (Å²) in [5.41, 5.74) is 8.43. The molecule has 0 saturated carbocycles. The van der Waals surface area contributed by atoms with E-state index in [1.54, 1.807) is 0 Å². The minimum Gasteiger partial charge on any atom is -0.409 e. The molecule has 0 amide bonds. The fourth-order valence-electron chi connectivity index (χ4n) is 2.04. The maximum absolute atomic E-state index is 8.72. The van der Waals surface area contributed by atoms with Gasteiger partial charge in [-0.3, -0.25) is 0 Å². The van der Waals surface area contributed by atoms with E-state index in [1.165, 1.54) is 0 Å². The van der Waals surface area contributed by atoms with Gasteiger partial charge in [0, 0.05) is 22.3 Å². The van der Waals surface area contributed by atoms with Crippen molar-refractivity contribution in [3.63, 3.8) is 0 Å². The molecule has 2 aromatic carbocycles. The molecule has 0 heterocycles. The van der Waals surface area contributed by atoms with E-state index in [0.717, 1.165) is 22.4 Å². The molecule has 0 aliphatic rings. The number of anilines is 2. The Morgan fingerprint density at radius 2 is 1.95 bits per heavy atom. The first-order chi connectivity index (χ1) is 9.67. The van der Waals surface area contributed by atoms with Gasteiger partial charge in [0.25, 0.3) is 0 Å². The molecule has 2 rings (SSSR count). The summed E-state index contributed by atoms with van der Waals surface area (Å²) < 4.78 is 0.896. The third-order valence-electron chi connectivity index (χ3n) is 3.03. The van der Waals surface area contributed by atoms with Gasteiger partial charge in [-0.25, -0.2) is 0 Å². The molecule has 0 bridgehead atoms. The summed E-state index contributed by atoms with van der Waals surface area (Å²) in [4.78, 5) is 2.18. The summed E-state index contributed by atoms with van der Waals surface area (Å²) in [5.74, 6) is 0.0972. The lowest BCUT2D eigenvalue weighted by Crippen LogP contribution is -2.17. The summed E-state index contributed by atoms with van der Waals surface area (Å²) in [6.07, 6.45) is 0. The molecule has 0 spiro atoms. The van der Waals surface area contributed by atoms with E-state index in [-0.39, 0.29) is 5.84 Å². The van der Waals surface area contributed by atoms with E-state index in [9.17, 15) is 0 Å².